The van der Waals surface area contributed by atoms with Crippen molar-refractivity contribution in [2.75, 3.05) is 5.73 Å². The summed E-state index contributed by atoms with van der Waals surface area (Å²) in [6.45, 7) is 0. The zero-order valence-electron chi connectivity index (χ0n) is 11.1. The summed E-state index contributed by atoms with van der Waals surface area (Å²) < 4.78 is 0. The van der Waals surface area contributed by atoms with Crippen LogP contribution in [0.25, 0.3) is 0 Å². The molecule has 0 aliphatic carbocycles. The van der Waals surface area contributed by atoms with Crippen LogP contribution in [0.1, 0.15) is 0 Å². The third-order valence-electron chi connectivity index (χ3n) is 2.63. The minimum Gasteiger partial charge on any atom is -0.368 e. The SMILES string of the molecule is Nc1nc(Sc2ccccc2)cc(Sc2ccccc2)n1. The van der Waals surface area contributed by atoms with Gasteiger partial charge in [-0.05, 0) is 24.3 Å². The first-order valence-corrected chi connectivity index (χ1v) is 8.03. The maximum absolute atomic E-state index is 5.82. The summed E-state index contributed by atoms with van der Waals surface area (Å²) in [4.78, 5) is 10.8. The lowest BCUT2D eigenvalue weighted by Gasteiger charge is -2.05. The van der Waals surface area contributed by atoms with Crippen molar-refractivity contribution in [3.63, 3.8) is 0 Å². The van der Waals surface area contributed by atoms with Gasteiger partial charge in [-0.25, -0.2) is 9.97 Å². The van der Waals surface area contributed by atoms with Gasteiger partial charge < -0.3 is 5.73 Å². The van der Waals surface area contributed by atoms with Crippen molar-refractivity contribution in [2.45, 2.75) is 19.8 Å². The van der Waals surface area contributed by atoms with Gasteiger partial charge in [0, 0.05) is 15.9 Å². The molecular weight excluding hydrogens is 298 g/mol. The molecule has 0 radical (unpaired) electrons. The van der Waals surface area contributed by atoms with Crippen molar-refractivity contribution in [1.29, 1.82) is 0 Å². The van der Waals surface area contributed by atoms with Gasteiger partial charge in [0.25, 0.3) is 0 Å². The molecule has 0 aliphatic heterocycles. The van der Waals surface area contributed by atoms with Crippen LogP contribution < -0.4 is 5.73 Å². The number of nitrogens with zero attached hydrogens (tertiary/aromatic N) is 2. The van der Waals surface area contributed by atoms with Crippen LogP contribution in [0.2, 0.25) is 0 Å². The first-order chi connectivity index (χ1) is 10.3. The Balaban J connectivity index is 1.83. The number of nitrogen functional groups attached to an aromatic ring is 1. The molecule has 0 atom stereocenters. The van der Waals surface area contributed by atoms with Crippen molar-refractivity contribution >= 4 is 29.5 Å². The van der Waals surface area contributed by atoms with Gasteiger partial charge in [0.2, 0.25) is 5.95 Å². The van der Waals surface area contributed by atoms with Crippen molar-refractivity contribution in [3.05, 3.63) is 66.7 Å². The van der Waals surface area contributed by atoms with Gasteiger partial charge >= 0.3 is 0 Å². The second-order valence-electron chi connectivity index (χ2n) is 4.23. The molecule has 3 rings (SSSR count). The van der Waals surface area contributed by atoms with Gasteiger partial charge in [-0.1, -0.05) is 59.9 Å². The van der Waals surface area contributed by atoms with E-state index in [2.05, 4.69) is 9.97 Å². The maximum atomic E-state index is 5.82. The van der Waals surface area contributed by atoms with E-state index in [0.717, 1.165) is 19.8 Å². The molecule has 2 N–H and O–H groups in total. The predicted octanol–water partition coefficient (Wildman–Crippen LogP) is 4.36. The lowest BCUT2D eigenvalue weighted by molar-refractivity contribution is 0.981. The Morgan fingerprint density at radius 2 is 1.10 bits per heavy atom. The average molecular weight is 311 g/mol. The highest BCUT2D eigenvalue weighted by Gasteiger charge is 2.06. The number of nitrogens with two attached hydrogens (primary N) is 1. The minimum atomic E-state index is 0.300. The fourth-order valence-corrected chi connectivity index (χ4v) is 3.51. The molecule has 0 fully saturated rings. The Kier molecular flexibility index (Phi) is 4.43. The third-order valence-corrected chi connectivity index (χ3v) is 4.48. The van der Waals surface area contributed by atoms with E-state index >= 15 is 0 Å². The van der Waals surface area contributed by atoms with Crippen LogP contribution in [0.3, 0.4) is 0 Å². The number of anilines is 1. The van der Waals surface area contributed by atoms with Gasteiger partial charge in [-0.2, -0.15) is 0 Å². The fourth-order valence-electron chi connectivity index (χ4n) is 1.74. The molecule has 2 aromatic carbocycles. The highest BCUT2D eigenvalue weighted by molar-refractivity contribution is 8.00. The molecule has 0 aliphatic rings. The second kappa shape index (κ2) is 6.65. The highest BCUT2D eigenvalue weighted by atomic mass is 32.2. The number of rotatable bonds is 4. The zero-order valence-corrected chi connectivity index (χ0v) is 12.8. The van der Waals surface area contributed by atoms with E-state index in [1.54, 1.807) is 23.5 Å². The normalized spacial score (nSPS) is 10.5. The van der Waals surface area contributed by atoms with Crippen LogP contribution >= 0.6 is 23.5 Å². The second-order valence-corrected chi connectivity index (χ2v) is 6.42. The van der Waals surface area contributed by atoms with E-state index in [1.807, 2.05) is 66.7 Å². The summed E-state index contributed by atoms with van der Waals surface area (Å²) in [7, 11) is 0. The maximum Gasteiger partial charge on any atom is 0.222 e. The molecule has 104 valence electrons. The Hall–Kier alpha value is -1.98. The lowest BCUT2D eigenvalue weighted by Crippen LogP contribution is -1.97. The van der Waals surface area contributed by atoms with Crippen molar-refractivity contribution < 1.29 is 0 Å². The molecule has 5 heteroatoms. The summed E-state index contributed by atoms with van der Waals surface area (Å²) in [6, 6.07) is 22.2. The minimum absolute atomic E-state index is 0.300. The Labute approximate surface area is 132 Å². The largest absolute Gasteiger partial charge is 0.368 e. The van der Waals surface area contributed by atoms with E-state index in [1.165, 1.54) is 0 Å². The highest BCUT2D eigenvalue weighted by Crippen LogP contribution is 2.31. The lowest BCUT2D eigenvalue weighted by atomic mass is 10.4. The van der Waals surface area contributed by atoms with Crippen LogP contribution in [0.5, 0.6) is 0 Å². The Bertz CT molecular complexity index is 658. The number of hydrogen-bond donors (Lipinski definition) is 1. The molecule has 3 nitrogen and oxygen atoms in total. The molecule has 0 unspecified atom stereocenters. The summed E-state index contributed by atoms with van der Waals surface area (Å²) in [5, 5.41) is 1.71. The van der Waals surface area contributed by atoms with E-state index in [4.69, 9.17) is 5.73 Å². The number of hydrogen-bond acceptors (Lipinski definition) is 5. The standard InChI is InChI=1S/C16H13N3S2/c17-16-18-14(20-12-7-3-1-4-8-12)11-15(19-16)21-13-9-5-2-6-10-13/h1-11H,(H2,17,18,19). The molecule has 0 bridgehead atoms. The molecule has 0 saturated carbocycles. The average Bonchev–Trinajstić information content (AvgIpc) is 2.48. The predicted molar refractivity (Wildman–Crippen MR) is 87.6 cm³/mol. The van der Waals surface area contributed by atoms with E-state index < -0.39 is 0 Å². The Morgan fingerprint density at radius 1 is 0.667 bits per heavy atom. The summed E-state index contributed by atoms with van der Waals surface area (Å²) in [5.41, 5.74) is 5.82. The van der Waals surface area contributed by atoms with Crippen LogP contribution in [0.15, 0.2) is 86.6 Å². The van der Waals surface area contributed by atoms with E-state index in [9.17, 15) is 0 Å². The van der Waals surface area contributed by atoms with Crippen LogP contribution in [-0.2, 0) is 0 Å². The smallest absolute Gasteiger partial charge is 0.222 e. The van der Waals surface area contributed by atoms with Crippen LogP contribution in [0, 0.1) is 0 Å². The molecule has 0 saturated heterocycles. The van der Waals surface area contributed by atoms with Gasteiger partial charge in [-0.15, -0.1) is 0 Å². The van der Waals surface area contributed by atoms with E-state index in [0.29, 0.717) is 5.95 Å². The molecular formula is C16H13N3S2. The van der Waals surface area contributed by atoms with E-state index in [-0.39, 0.29) is 0 Å². The summed E-state index contributed by atoms with van der Waals surface area (Å²) in [5.74, 6) is 0.300. The molecule has 0 amide bonds. The van der Waals surface area contributed by atoms with Gasteiger partial charge in [0.15, 0.2) is 0 Å². The molecule has 3 aromatic rings. The third kappa shape index (κ3) is 4.00. The monoisotopic (exact) mass is 311 g/mol. The summed E-state index contributed by atoms with van der Waals surface area (Å²) >= 11 is 3.16. The summed E-state index contributed by atoms with van der Waals surface area (Å²) in [6.07, 6.45) is 0. The zero-order chi connectivity index (χ0) is 14.5. The first kappa shape index (κ1) is 14.0. The van der Waals surface area contributed by atoms with Gasteiger partial charge in [0.05, 0.1) is 0 Å². The quantitative estimate of drug-likeness (QED) is 0.725. The number of benzene rings is 2. The van der Waals surface area contributed by atoms with Gasteiger partial charge in [0.1, 0.15) is 10.1 Å². The Morgan fingerprint density at radius 3 is 1.52 bits per heavy atom. The first-order valence-electron chi connectivity index (χ1n) is 6.40. The van der Waals surface area contributed by atoms with Crippen molar-refractivity contribution in [3.8, 4) is 0 Å². The topological polar surface area (TPSA) is 51.8 Å². The molecule has 0 spiro atoms. The fraction of sp³-hybridized carbons (Fsp3) is 0. The molecule has 21 heavy (non-hydrogen) atoms. The molecule has 1 aromatic heterocycles. The van der Waals surface area contributed by atoms with Crippen LogP contribution in [0.4, 0.5) is 5.95 Å². The van der Waals surface area contributed by atoms with Crippen molar-refractivity contribution in [1.82, 2.24) is 9.97 Å². The van der Waals surface area contributed by atoms with Gasteiger partial charge in [-0.3, -0.25) is 0 Å². The molecule has 1 heterocycles. The van der Waals surface area contributed by atoms with Crippen LogP contribution in [-0.4, -0.2) is 9.97 Å². The van der Waals surface area contributed by atoms with Crippen molar-refractivity contribution in [2.24, 2.45) is 0 Å². The number of aromatic nitrogens is 2.